The predicted molar refractivity (Wildman–Crippen MR) is 215 cm³/mol. The largest absolute Gasteiger partial charge is 0.494 e. The van der Waals surface area contributed by atoms with Crippen molar-refractivity contribution >= 4 is 44.6 Å². The van der Waals surface area contributed by atoms with Crippen LogP contribution in [0, 0.1) is 36.0 Å². The van der Waals surface area contributed by atoms with Gasteiger partial charge in [0.15, 0.2) is 5.78 Å². The van der Waals surface area contributed by atoms with E-state index in [0.717, 1.165) is 12.8 Å². The van der Waals surface area contributed by atoms with Gasteiger partial charge in [-0.25, -0.2) is 18.4 Å². The summed E-state index contributed by atoms with van der Waals surface area (Å²) in [5, 5.41) is 0. The van der Waals surface area contributed by atoms with Gasteiger partial charge in [0.25, 0.3) is 0 Å². The Balaban J connectivity index is 1.36. The lowest BCUT2D eigenvalue weighted by molar-refractivity contribution is -0.160. The summed E-state index contributed by atoms with van der Waals surface area (Å²) in [5.41, 5.74) is -0.271. The number of amides is 2. The highest BCUT2D eigenvalue weighted by atomic mass is 32.2. The van der Waals surface area contributed by atoms with E-state index in [-0.39, 0.29) is 61.1 Å². The summed E-state index contributed by atoms with van der Waals surface area (Å²) in [7, 11) is -3.96. The van der Waals surface area contributed by atoms with Crippen LogP contribution in [-0.2, 0) is 33.9 Å². The Hall–Kier alpha value is -4.07. The van der Waals surface area contributed by atoms with Crippen molar-refractivity contribution in [3.8, 4) is 11.6 Å². The maximum atomic E-state index is 15.0. The van der Waals surface area contributed by atoms with Gasteiger partial charge in [0.1, 0.15) is 23.1 Å². The van der Waals surface area contributed by atoms with Gasteiger partial charge in [-0.1, -0.05) is 32.4 Å². The fourth-order valence-corrected chi connectivity index (χ4v) is 9.87. The third-order valence-corrected chi connectivity index (χ3v) is 14.5. The van der Waals surface area contributed by atoms with E-state index in [1.807, 2.05) is 38.1 Å². The zero-order valence-corrected chi connectivity index (χ0v) is 35.6. The number of hydrogen-bond donors (Lipinski definition) is 1. The van der Waals surface area contributed by atoms with E-state index < -0.39 is 55.7 Å². The van der Waals surface area contributed by atoms with Crippen LogP contribution < -0.4 is 14.2 Å². The Morgan fingerprint density at radius 3 is 2.47 bits per heavy atom. The van der Waals surface area contributed by atoms with Crippen molar-refractivity contribution in [1.29, 1.82) is 0 Å². The average Bonchev–Trinajstić information content (AvgIpc) is 4.01. The first-order valence-corrected chi connectivity index (χ1v) is 22.1. The number of Topliss-reactive ketones (excluding diaryl/α,β-unsaturated/α-hetero) is 1. The number of rotatable bonds is 10. The van der Waals surface area contributed by atoms with Gasteiger partial charge in [-0.05, 0) is 110 Å². The third-order valence-electron chi connectivity index (χ3n) is 12.3. The highest BCUT2D eigenvalue weighted by Gasteiger charge is 2.62. The van der Waals surface area contributed by atoms with Crippen LogP contribution in [-0.4, -0.2) is 82.5 Å². The third kappa shape index (κ3) is 9.47. The van der Waals surface area contributed by atoms with Crippen molar-refractivity contribution < 1.29 is 41.8 Å². The fourth-order valence-electron chi connectivity index (χ4n) is 8.54. The molecular weight excluding hydrogens is 749 g/mol. The predicted octanol–water partition coefficient (Wildman–Crippen LogP) is 6.40. The molecule has 3 heterocycles. The van der Waals surface area contributed by atoms with E-state index in [1.54, 1.807) is 40.7 Å². The van der Waals surface area contributed by atoms with Crippen LogP contribution in [0.2, 0.25) is 0 Å². The summed E-state index contributed by atoms with van der Waals surface area (Å²) >= 11 is 0. The molecule has 1 saturated heterocycles. The summed E-state index contributed by atoms with van der Waals surface area (Å²) < 4.78 is 45.8. The SMILES string of the molecule is CCOc1ccc2nc(C)c(O[C@@H]3C[C@H]4C(=O)C[C@]5(C(=O)NS(=O)(=O)C6(C)CC6)C[C@H]5/C=C\CC[C@@H](C)C[C@@H](CC)[C@H](CC(=O)OC(C)(C)C)C(=O)N4C3)nc2c1. The monoisotopic (exact) mass is 808 g/mol. The second kappa shape index (κ2) is 16.3. The van der Waals surface area contributed by atoms with Crippen LogP contribution in [0.25, 0.3) is 11.0 Å². The number of benzene rings is 1. The maximum absolute atomic E-state index is 15.0. The summed E-state index contributed by atoms with van der Waals surface area (Å²) in [6.07, 6.45) is 7.14. The molecule has 0 radical (unpaired) electrons. The molecule has 0 unspecified atom stereocenters. The first kappa shape index (κ1) is 42.5. The first-order valence-electron chi connectivity index (χ1n) is 20.6. The molecule has 14 heteroatoms. The zero-order chi connectivity index (χ0) is 41.5. The number of sulfonamides is 1. The van der Waals surface area contributed by atoms with Crippen LogP contribution in [0.4, 0.5) is 0 Å². The number of hydrogen-bond acceptors (Lipinski definition) is 11. The minimum Gasteiger partial charge on any atom is -0.494 e. The second-order valence-electron chi connectivity index (χ2n) is 18.1. The lowest BCUT2D eigenvalue weighted by atomic mass is 9.79. The van der Waals surface area contributed by atoms with Gasteiger partial charge in [-0.2, -0.15) is 0 Å². The summed E-state index contributed by atoms with van der Waals surface area (Å²) in [6, 6.07) is 4.44. The van der Waals surface area contributed by atoms with Gasteiger partial charge in [-0.3, -0.25) is 23.9 Å². The average molecular weight is 809 g/mol. The van der Waals surface area contributed by atoms with Crippen LogP contribution in [0.15, 0.2) is 30.4 Å². The van der Waals surface area contributed by atoms with Crippen LogP contribution in [0.5, 0.6) is 11.6 Å². The molecule has 312 valence electrons. The zero-order valence-electron chi connectivity index (χ0n) is 34.8. The van der Waals surface area contributed by atoms with E-state index in [2.05, 4.69) is 11.6 Å². The van der Waals surface area contributed by atoms with E-state index in [0.29, 0.717) is 61.2 Å². The summed E-state index contributed by atoms with van der Waals surface area (Å²) in [4.78, 5) is 68.2. The smallest absolute Gasteiger partial charge is 0.307 e. The number of aryl methyl sites for hydroxylation is 1. The van der Waals surface area contributed by atoms with Crippen molar-refractivity contribution in [2.75, 3.05) is 13.2 Å². The molecule has 6 rings (SSSR count). The molecule has 4 aliphatic rings. The maximum Gasteiger partial charge on any atom is 0.307 e. The van der Waals surface area contributed by atoms with Crippen LogP contribution in [0.3, 0.4) is 0 Å². The highest BCUT2D eigenvalue weighted by molar-refractivity contribution is 7.91. The molecule has 2 saturated carbocycles. The van der Waals surface area contributed by atoms with Gasteiger partial charge < -0.3 is 19.1 Å². The molecule has 2 aliphatic carbocycles. The normalized spacial score (nSPS) is 29.6. The van der Waals surface area contributed by atoms with Gasteiger partial charge in [0.05, 0.1) is 52.7 Å². The molecule has 3 fully saturated rings. The minimum atomic E-state index is -3.96. The summed E-state index contributed by atoms with van der Waals surface area (Å²) in [6.45, 7) is 15.3. The number of esters is 1. The summed E-state index contributed by atoms with van der Waals surface area (Å²) in [5.74, 6) is -2.02. The van der Waals surface area contributed by atoms with Crippen molar-refractivity contribution in [2.45, 2.75) is 142 Å². The number of ketones is 1. The number of ether oxygens (including phenoxy) is 3. The fraction of sp³-hybridized carbons (Fsp3) is 0.674. The van der Waals surface area contributed by atoms with Crippen molar-refractivity contribution in [3.05, 3.63) is 36.0 Å². The number of allylic oxidation sites excluding steroid dienone is 2. The minimum absolute atomic E-state index is 0.0411. The van der Waals surface area contributed by atoms with E-state index in [4.69, 9.17) is 24.2 Å². The molecular formula is C43H60N4O9S. The quantitative estimate of drug-likeness (QED) is 0.208. The van der Waals surface area contributed by atoms with Gasteiger partial charge >= 0.3 is 5.97 Å². The van der Waals surface area contributed by atoms with Crippen molar-refractivity contribution in [3.63, 3.8) is 0 Å². The Bertz CT molecular complexity index is 2020. The van der Waals surface area contributed by atoms with Crippen molar-refractivity contribution in [1.82, 2.24) is 19.6 Å². The number of nitrogens with zero attached hydrogens (tertiary/aromatic N) is 3. The van der Waals surface area contributed by atoms with E-state index >= 15 is 4.79 Å². The number of carbonyl (C=O) groups is 4. The Kier molecular flexibility index (Phi) is 12.2. The molecule has 2 aromatic rings. The van der Waals surface area contributed by atoms with E-state index in [1.165, 1.54) is 4.90 Å². The Labute approximate surface area is 337 Å². The van der Waals surface area contributed by atoms with Crippen LogP contribution in [0.1, 0.15) is 118 Å². The molecule has 57 heavy (non-hydrogen) atoms. The lowest BCUT2D eigenvalue weighted by Crippen LogP contribution is -2.48. The molecule has 7 atom stereocenters. The molecule has 1 aromatic carbocycles. The van der Waals surface area contributed by atoms with Gasteiger partial charge in [-0.15, -0.1) is 0 Å². The standard InChI is InChI=1S/C43H60N4O9S/c1-9-28-19-26(3)13-11-12-14-29-23-43(29,40(51)46-57(52,53)42(8)17-18-42)24-36(48)35-21-31(25-47(35)39(50)32(28)22-37(49)56-41(5,6)7)55-38-27(4)44-33-16-15-30(54-10-2)20-34(33)45-38/h12,14-16,20,26,28-29,31-32,35H,9-11,13,17-19,21-25H2,1-8H3,(H,46,51)/b14-12-/t26-,28-,29-,31-,32+,35+,43-/m1/s1. The second-order valence-corrected chi connectivity index (χ2v) is 20.3. The number of fused-ring (bicyclic) bond motifs is 3. The van der Waals surface area contributed by atoms with Crippen molar-refractivity contribution in [2.24, 2.45) is 29.1 Å². The van der Waals surface area contributed by atoms with E-state index in [9.17, 15) is 22.8 Å². The molecule has 13 nitrogen and oxygen atoms in total. The Morgan fingerprint density at radius 2 is 1.81 bits per heavy atom. The Morgan fingerprint density at radius 1 is 1.07 bits per heavy atom. The highest BCUT2D eigenvalue weighted by Crippen LogP contribution is 2.57. The molecule has 2 amide bonds. The molecule has 1 N–H and O–H groups in total. The molecule has 1 aromatic heterocycles. The number of nitrogens with one attached hydrogen (secondary N) is 1. The lowest BCUT2D eigenvalue weighted by Gasteiger charge is -2.33. The topological polar surface area (TPSA) is 171 Å². The molecule has 0 spiro atoms. The number of aromatic nitrogens is 2. The molecule has 0 bridgehead atoms. The number of carbonyl (C=O) groups excluding carboxylic acids is 4. The molecule has 2 aliphatic heterocycles. The van der Waals surface area contributed by atoms with Crippen LogP contribution >= 0.6 is 0 Å². The first-order chi connectivity index (χ1) is 26.8. The van der Waals surface area contributed by atoms with Gasteiger partial charge in [0, 0.05) is 18.9 Å². The van der Waals surface area contributed by atoms with Gasteiger partial charge in [0.2, 0.25) is 27.7 Å².